The number of benzene rings is 2. The predicted octanol–water partition coefficient (Wildman–Crippen LogP) is 4.40. The van der Waals surface area contributed by atoms with Crippen molar-refractivity contribution < 1.29 is 0 Å². The summed E-state index contributed by atoms with van der Waals surface area (Å²) in [6.07, 6.45) is 1.78. The lowest BCUT2D eigenvalue weighted by atomic mass is 10.0. The van der Waals surface area contributed by atoms with Crippen LogP contribution in [0.15, 0.2) is 78.0 Å². The molecule has 0 radical (unpaired) electrons. The first-order valence-electron chi connectivity index (χ1n) is 9.24. The quantitative estimate of drug-likeness (QED) is 0.511. The Labute approximate surface area is 173 Å². The lowest BCUT2D eigenvalue weighted by Gasteiger charge is -2.17. The number of anilines is 1. The van der Waals surface area contributed by atoms with Crippen LogP contribution in [0.1, 0.15) is 22.6 Å². The number of halogens is 1. The van der Waals surface area contributed by atoms with Crippen molar-refractivity contribution in [2.45, 2.75) is 13.5 Å². The van der Waals surface area contributed by atoms with E-state index in [0.717, 1.165) is 34.0 Å². The largest absolute Gasteiger partial charge is 0.263 e. The highest BCUT2D eigenvalue weighted by molar-refractivity contribution is 6.30. The van der Waals surface area contributed by atoms with E-state index in [2.05, 4.69) is 27.3 Å². The van der Waals surface area contributed by atoms with Crippen molar-refractivity contribution in [2.24, 2.45) is 5.10 Å². The minimum Gasteiger partial charge on any atom is -0.263 e. The van der Waals surface area contributed by atoms with E-state index in [1.165, 1.54) is 0 Å². The SMILES string of the molecule is Cc1nnc2n1-c1ccccc1C(c1ccc(Cl)cc1)=NN2Cc1ccccn1. The Hall–Kier alpha value is -3.51. The van der Waals surface area contributed by atoms with Crippen molar-refractivity contribution in [1.29, 1.82) is 0 Å². The average Bonchev–Trinajstić information content (AvgIpc) is 3.07. The lowest BCUT2D eigenvalue weighted by Crippen LogP contribution is -2.21. The molecule has 0 amide bonds. The van der Waals surface area contributed by atoms with Gasteiger partial charge in [-0.15, -0.1) is 10.2 Å². The molecule has 4 aromatic rings. The molecule has 0 bridgehead atoms. The standard InChI is InChI=1S/C22H17ClN6/c1-15-25-26-22-28(14-18-6-4-5-13-24-18)27-21(16-9-11-17(23)12-10-16)19-7-2-3-8-20(19)29(15)22/h2-13H,14H2,1H3. The van der Waals surface area contributed by atoms with Gasteiger partial charge in [0.2, 0.25) is 0 Å². The van der Waals surface area contributed by atoms with Gasteiger partial charge in [-0.05, 0) is 37.3 Å². The van der Waals surface area contributed by atoms with Crippen LogP contribution in [0.5, 0.6) is 0 Å². The van der Waals surface area contributed by atoms with Crippen LogP contribution in [0.25, 0.3) is 5.69 Å². The van der Waals surface area contributed by atoms with E-state index >= 15 is 0 Å². The van der Waals surface area contributed by atoms with Gasteiger partial charge in [0, 0.05) is 22.3 Å². The van der Waals surface area contributed by atoms with Crippen molar-refractivity contribution in [3.63, 3.8) is 0 Å². The van der Waals surface area contributed by atoms with Gasteiger partial charge in [0.15, 0.2) is 0 Å². The van der Waals surface area contributed by atoms with Crippen LogP contribution in [-0.2, 0) is 6.54 Å². The van der Waals surface area contributed by atoms with Crippen LogP contribution in [-0.4, -0.2) is 25.5 Å². The second kappa shape index (κ2) is 7.14. The molecule has 7 heteroatoms. The average molecular weight is 401 g/mol. The van der Waals surface area contributed by atoms with Crippen LogP contribution in [0.4, 0.5) is 5.95 Å². The molecule has 0 unspecified atom stereocenters. The second-order valence-electron chi connectivity index (χ2n) is 6.73. The molecule has 142 valence electrons. The Morgan fingerprint density at radius 2 is 1.69 bits per heavy atom. The summed E-state index contributed by atoms with van der Waals surface area (Å²) < 4.78 is 2.03. The van der Waals surface area contributed by atoms with Crippen LogP contribution in [0, 0.1) is 6.92 Å². The van der Waals surface area contributed by atoms with E-state index in [9.17, 15) is 0 Å². The van der Waals surface area contributed by atoms with Gasteiger partial charge in [0.1, 0.15) is 11.5 Å². The molecule has 2 aromatic carbocycles. The maximum atomic E-state index is 6.11. The number of fused-ring (bicyclic) bond motifs is 3. The van der Waals surface area contributed by atoms with Gasteiger partial charge in [-0.1, -0.05) is 48.0 Å². The number of aromatic nitrogens is 4. The fourth-order valence-corrected chi connectivity index (χ4v) is 3.59. The normalized spacial score (nSPS) is 12.8. The highest BCUT2D eigenvalue weighted by atomic mass is 35.5. The van der Waals surface area contributed by atoms with Gasteiger partial charge in [0.25, 0.3) is 5.95 Å². The smallest absolute Gasteiger partial charge is 0.252 e. The van der Waals surface area contributed by atoms with Crippen LogP contribution in [0.3, 0.4) is 0 Å². The topological polar surface area (TPSA) is 59.2 Å². The van der Waals surface area contributed by atoms with E-state index in [1.54, 1.807) is 6.20 Å². The van der Waals surface area contributed by atoms with E-state index < -0.39 is 0 Å². The number of rotatable bonds is 3. The van der Waals surface area contributed by atoms with Crippen LogP contribution in [0.2, 0.25) is 5.02 Å². The lowest BCUT2D eigenvalue weighted by molar-refractivity contribution is 0.779. The Kier molecular flexibility index (Phi) is 4.33. The van der Waals surface area contributed by atoms with Gasteiger partial charge < -0.3 is 0 Å². The fourth-order valence-electron chi connectivity index (χ4n) is 3.46. The zero-order chi connectivity index (χ0) is 19.8. The Bertz CT molecular complexity index is 1200. The third-order valence-electron chi connectivity index (χ3n) is 4.81. The second-order valence-corrected chi connectivity index (χ2v) is 7.17. The Morgan fingerprint density at radius 3 is 2.48 bits per heavy atom. The predicted molar refractivity (Wildman–Crippen MR) is 114 cm³/mol. The van der Waals surface area contributed by atoms with E-state index in [4.69, 9.17) is 16.7 Å². The monoisotopic (exact) mass is 400 g/mol. The third kappa shape index (κ3) is 3.17. The maximum absolute atomic E-state index is 6.11. The minimum absolute atomic E-state index is 0.476. The number of hydrazone groups is 1. The number of pyridine rings is 1. The fraction of sp³-hybridized carbons (Fsp3) is 0.0909. The Morgan fingerprint density at radius 1 is 0.897 bits per heavy atom. The highest BCUT2D eigenvalue weighted by Crippen LogP contribution is 2.30. The minimum atomic E-state index is 0.476. The zero-order valence-corrected chi connectivity index (χ0v) is 16.5. The summed E-state index contributed by atoms with van der Waals surface area (Å²) in [7, 11) is 0. The summed E-state index contributed by atoms with van der Waals surface area (Å²) >= 11 is 6.11. The van der Waals surface area contributed by atoms with Crippen molar-refractivity contribution >= 4 is 23.3 Å². The molecule has 2 aromatic heterocycles. The summed E-state index contributed by atoms with van der Waals surface area (Å²) in [6.45, 7) is 2.42. The van der Waals surface area contributed by atoms with E-state index in [-0.39, 0.29) is 0 Å². The van der Waals surface area contributed by atoms with E-state index in [1.807, 2.05) is 71.1 Å². The summed E-state index contributed by atoms with van der Waals surface area (Å²) in [5.41, 5.74) is 4.71. The number of para-hydroxylation sites is 1. The number of nitrogens with zero attached hydrogens (tertiary/aromatic N) is 6. The molecule has 0 saturated heterocycles. The Balaban J connectivity index is 1.73. The number of aryl methyl sites for hydroxylation is 1. The van der Waals surface area contributed by atoms with Crippen molar-refractivity contribution in [3.8, 4) is 5.69 Å². The summed E-state index contributed by atoms with van der Waals surface area (Å²) in [4.78, 5) is 4.46. The highest BCUT2D eigenvalue weighted by Gasteiger charge is 2.26. The summed E-state index contributed by atoms with van der Waals surface area (Å²) in [5.74, 6) is 1.45. The van der Waals surface area contributed by atoms with Crippen molar-refractivity contribution in [2.75, 3.05) is 5.01 Å². The van der Waals surface area contributed by atoms with Gasteiger partial charge >= 0.3 is 0 Å². The summed E-state index contributed by atoms with van der Waals surface area (Å²) in [5, 5.41) is 16.3. The first-order chi connectivity index (χ1) is 14.2. The first-order valence-corrected chi connectivity index (χ1v) is 9.62. The molecule has 0 spiro atoms. The number of hydrogen-bond acceptors (Lipinski definition) is 5. The number of hydrogen-bond donors (Lipinski definition) is 0. The van der Waals surface area contributed by atoms with Gasteiger partial charge in [-0.2, -0.15) is 5.10 Å². The molecule has 0 fully saturated rings. The molecular weight excluding hydrogens is 384 g/mol. The van der Waals surface area contributed by atoms with E-state index in [0.29, 0.717) is 17.5 Å². The molecule has 0 saturated carbocycles. The van der Waals surface area contributed by atoms with Crippen molar-refractivity contribution in [1.82, 2.24) is 19.7 Å². The van der Waals surface area contributed by atoms with Gasteiger partial charge in [-0.25, -0.2) is 5.01 Å². The van der Waals surface area contributed by atoms with Gasteiger partial charge in [-0.3, -0.25) is 9.55 Å². The van der Waals surface area contributed by atoms with Crippen LogP contribution < -0.4 is 5.01 Å². The summed E-state index contributed by atoms with van der Waals surface area (Å²) in [6, 6.07) is 21.7. The maximum Gasteiger partial charge on any atom is 0.252 e. The van der Waals surface area contributed by atoms with Crippen LogP contribution >= 0.6 is 11.6 Å². The molecule has 0 aliphatic carbocycles. The molecule has 3 heterocycles. The van der Waals surface area contributed by atoms with Crippen molar-refractivity contribution in [3.05, 3.63) is 101 Å². The molecule has 0 N–H and O–H groups in total. The third-order valence-corrected chi connectivity index (χ3v) is 5.07. The molecule has 29 heavy (non-hydrogen) atoms. The zero-order valence-electron chi connectivity index (χ0n) is 15.7. The molecule has 1 aliphatic heterocycles. The molecule has 5 rings (SSSR count). The molecular formula is C22H17ClN6. The molecule has 0 atom stereocenters. The first kappa shape index (κ1) is 17.6. The van der Waals surface area contributed by atoms with Gasteiger partial charge in [0.05, 0.1) is 17.9 Å². The molecule has 1 aliphatic rings. The molecule has 6 nitrogen and oxygen atoms in total.